The Hall–Kier alpha value is -2.22. The zero-order chi connectivity index (χ0) is 20.7. The van der Waals surface area contributed by atoms with Crippen LogP contribution in [-0.2, 0) is 10.2 Å². The summed E-state index contributed by atoms with van der Waals surface area (Å²) in [5, 5.41) is 9.87. The zero-order valence-electron chi connectivity index (χ0n) is 18.0. The van der Waals surface area contributed by atoms with Crippen molar-refractivity contribution in [3.8, 4) is 0 Å². The summed E-state index contributed by atoms with van der Waals surface area (Å²) >= 11 is 0. The number of anilines is 1. The first-order valence-corrected chi connectivity index (χ1v) is 11.1. The Labute approximate surface area is 175 Å². The molecule has 0 aromatic carbocycles. The lowest BCUT2D eigenvalue weighted by atomic mass is 9.78. The van der Waals surface area contributed by atoms with Crippen molar-refractivity contribution >= 4 is 18.1 Å². The highest BCUT2D eigenvalue weighted by Crippen LogP contribution is 2.36. The van der Waals surface area contributed by atoms with E-state index in [0.29, 0.717) is 18.4 Å². The van der Waals surface area contributed by atoms with Crippen molar-refractivity contribution < 1.29 is 6.22 Å². The largest absolute Gasteiger partial charge is 0.354 e. The fourth-order valence-corrected chi connectivity index (χ4v) is 4.29. The second-order valence-electron chi connectivity index (χ2n) is 7.87. The maximum absolute atomic E-state index is 11.7. The molecular formula is C21H37N7O. The summed E-state index contributed by atoms with van der Waals surface area (Å²) in [6.45, 7) is 9.56. The number of hydrazine groups is 1. The highest BCUT2D eigenvalue weighted by atomic mass is 16.2. The average molecular weight is 404 g/mol. The maximum Gasteiger partial charge on any atom is 0.222 e. The summed E-state index contributed by atoms with van der Waals surface area (Å²) in [5.74, 6) is 0.947. The molecule has 4 heterocycles. The molecule has 4 rings (SSSR count). The third-order valence-corrected chi connectivity index (χ3v) is 5.96. The summed E-state index contributed by atoms with van der Waals surface area (Å²) in [4.78, 5) is 22.8. The molecule has 2 N–H and O–H groups in total. The molecule has 3 aliphatic heterocycles. The van der Waals surface area contributed by atoms with Crippen molar-refractivity contribution in [3.05, 3.63) is 18.0 Å². The van der Waals surface area contributed by atoms with Gasteiger partial charge in [0.15, 0.2) is 0 Å². The number of hydrogen-bond donors (Lipinski definition) is 2. The lowest BCUT2D eigenvalue weighted by molar-refractivity contribution is -0.127. The van der Waals surface area contributed by atoms with E-state index in [2.05, 4.69) is 27.8 Å². The lowest BCUT2D eigenvalue weighted by Crippen LogP contribution is -2.40. The average Bonchev–Trinajstić information content (AvgIpc) is 3.20. The first-order chi connectivity index (χ1) is 14.2. The minimum atomic E-state index is -0.0942. The molecule has 162 valence electrons. The van der Waals surface area contributed by atoms with Gasteiger partial charge in [-0.2, -0.15) is 5.10 Å². The molecule has 8 heteroatoms. The van der Waals surface area contributed by atoms with Gasteiger partial charge >= 0.3 is 0 Å². The van der Waals surface area contributed by atoms with Crippen LogP contribution in [0.15, 0.2) is 17.4 Å². The SMILES string of the molecule is CC.CC1(c2ccnc(NCCCN3CCCC3=O)n2)CNN2N=CCCCC21.[HH]. The van der Waals surface area contributed by atoms with Gasteiger partial charge in [0.25, 0.3) is 0 Å². The zero-order valence-corrected chi connectivity index (χ0v) is 18.0. The molecule has 1 aromatic rings. The molecule has 2 saturated heterocycles. The van der Waals surface area contributed by atoms with Gasteiger partial charge in [0, 0.05) is 51.9 Å². The van der Waals surface area contributed by atoms with Crippen LogP contribution in [0.1, 0.15) is 66.4 Å². The molecule has 8 nitrogen and oxygen atoms in total. The van der Waals surface area contributed by atoms with Crippen LogP contribution in [0.25, 0.3) is 0 Å². The van der Waals surface area contributed by atoms with Crippen molar-refractivity contribution in [1.29, 1.82) is 0 Å². The molecule has 29 heavy (non-hydrogen) atoms. The van der Waals surface area contributed by atoms with Crippen LogP contribution < -0.4 is 10.7 Å². The number of hydrazone groups is 1. The van der Waals surface area contributed by atoms with Gasteiger partial charge in [-0.05, 0) is 38.2 Å². The van der Waals surface area contributed by atoms with E-state index in [1.54, 1.807) is 0 Å². The number of hydrogen-bond acceptors (Lipinski definition) is 7. The van der Waals surface area contributed by atoms with Gasteiger partial charge in [-0.25, -0.2) is 20.5 Å². The van der Waals surface area contributed by atoms with Gasteiger partial charge in [0.1, 0.15) is 0 Å². The number of carbonyl (C=O) groups is 1. The monoisotopic (exact) mass is 403 g/mol. The normalized spacial score (nSPS) is 26.0. The van der Waals surface area contributed by atoms with E-state index in [0.717, 1.165) is 64.0 Å². The molecule has 1 amide bonds. The molecule has 0 radical (unpaired) electrons. The van der Waals surface area contributed by atoms with Gasteiger partial charge < -0.3 is 10.2 Å². The Morgan fingerprint density at radius 3 is 3.03 bits per heavy atom. The standard InChI is InChI=1S/C19H29N7O.C2H6.H2/c1-19(14-23-26-16(19)6-2-3-10-22-26)15-8-11-21-18(24-15)20-9-5-13-25-12-4-7-17(25)27;1-2;/h8,10-11,16,23H,2-7,9,12-14H2,1H3,(H,20,21,24);1-2H3;1H. The molecule has 3 aliphatic rings. The second-order valence-corrected chi connectivity index (χ2v) is 7.87. The number of fused-ring (bicyclic) bond motifs is 1. The predicted octanol–water partition coefficient (Wildman–Crippen LogP) is 2.79. The number of nitrogens with zero attached hydrogens (tertiary/aromatic N) is 5. The molecular weight excluding hydrogens is 366 g/mol. The van der Waals surface area contributed by atoms with Crippen LogP contribution >= 0.6 is 0 Å². The number of nitrogens with one attached hydrogen (secondary N) is 2. The molecule has 2 fully saturated rings. The van der Waals surface area contributed by atoms with Crippen LogP contribution in [0.3, 0.4) is 0 Å². The summed E-state index contributed by atoms with van der Waals surface area (Å²) in [7, 11) is 0. The molecule has 0 aliphatic carbocycles. The van der Waals surface area contributed by atoms with Crippen LogP contribution in [-0.4, -0.2) is 64.3 Å². The molecule has 0 saturated carbocycles. The summed E-state index contributed by atoms with van der Waals surface area (Å²) in [6.07, 6.45) is 9.71. The maximum atomic E-state index is 11.7. The fraction of sp³-hybridized carbons (Fsp3) is 0.714. The fourth-order valence-electron chi connectivity index (χ4n) is 4.29. The predicted molar refractivity (Wildman–Crippen MR) is 118 cm³/mol. The Morgan fingerprint density at radius 2 is 2.24 bits per heavy atom. The van der Waals surface area contributed by atoms with Gasteiger partial charge in [0.05, 0.1) is 11.7 Å². The van der Waals surface area contributed by atoms with Gasteiger partial charge in [0.2, 0.25) is 11.9 Å². The van der Waals surface area contributed by atoms with Crippen LogP contribution in [0, 0.1) is 0 Å². The molecule has 2 atom stereocenters. The van der Waals surface area contributed by atoms with E-state index in [4.69, 9.17) is 4.98 Å². The van der Waals surface area contributed by atoms with Gasteiger partial charge in [-0.15, -0.1) is 0 Å². The number of rotatable bonds is 6. The van der Waals surface area contributed by atoms with Crippen LogP contribution in [0.4, 0.5) is 5.95 Å². The van der Waals surface area contributed by atoms with Crippen LogP contribution in [0.2, 0.25) is 0 Å². The van der Waals surface area contributed by atoms with E-state index in [-0.39, 0.29) is 12.7 Å². The minimum Gasteiger partial charge on any atom is -0.354 e. The van der Waals surface area contributed by atoms with Crippen LogP contribution in [0.5, 0.6) is 0 Å². The molecule has 1 aromatic heterocycles. The number of aromatic nitrogens is 2. The Morgan fingerprint density at radius 1 is 1.38 bits per heavy atom. The molecule has 0 bridgehead atoms. The van der Waals surface area contributed by atoms with E-state index >= 15 is 0 Å². The minimum absolute atomic E-state index is 0. The van der Waals surface area contributed by atoms with E-state index in [9.17, 15) is 4.79 Å². The molecule has 0 spiro atoms. The summed E-state index contributed by atoms with van der Waals surface area (Å²) < 4.78 is 0. The number of carbonyl (C=O) groups excluding carboxylic acids is 1. The highest BCUT2D eigenvalue weighted by molar-refractivity contribution is 5.78. The first kappa shape index (κ1) is 21.5. The lowest BCUT2D eigenvalue weighted by Gasteiger charge is -2.31. The van der Waals surface area contributed by atoms with Crippen molar-refractivity contribution in [2.45, 2.75) is 70.8 Å². The smallest absolute Gasteiger partial charge is 0.222 e. The van der Waals surface area contributed by atoms with E-state index < -0.39 is 0 Å². The quantitative estimate of drug-likeness (QED) is 0.711. The van der Waals surface area contributed by atoms with Gasteiger partial charge in [-0.1, -0.05) is 20.8 Å². The number of likely N-dealkylation sites (tertiary alicyclic amines) is 1. The Balaban J connectivity index is 0.00000104. The van der Waals surface area contributed by atoms with Gasteiger partial charge in [-0.3, -0.25) is 4.79 Å². The highest BCUT2D eigenvalue weighted by Gasteiger charge is 2.46. The van der Waals surface area contributed by atoms with E-state index in [1.807, 2.05) is 42.3 Å². The van der Waals surface area contributed by atoms with E-state index in [1.165, 1.54) is 0 Å². The van der Waals surface area contributed by atoms with Crippen molar-refractivity contribution in [3.63, 3.8) is 0 Å². The summed E-state index contributed by atoms with van der Waals surface area (Å²) in [6, 6.07) is 2.33. The third kappa shape index (κ3) is 4.86. The topological polar surface area (TPSA) is 85.8 Å². The third-order valence-electron chi connectivity index (χ3n) is 5.96. The number of amides is 1. The summed E-state index contributed by atoms with van der Waals surface area (Å²) in [5.41, 5.74) is 4.37. The second kappa shape index (κ2) is 10.0. The van der Waals surface area contributed by atoms with Crippen molar-refractivity contribution in [1.82, 2.24) is 25.4 Å². The Bertz CT molecular complexity index is 716. The van der Waals surface area contributed by atoms with Crippen molar-refractivity contribution in [2.75, 3.05) is 31.5 Å². The first-order valence-electron chi connectivity index (χ1n) is 11.1. The van der Waals surface area contributed by atoms with Crippen molar-refractivity contribution in [2.24, 2.45) is 5.10 Å². The Kier molecular flexibility index (Phi) is 7.41. The molecule has 2 unspecified atom stereocenters.